The van der Waals surface area contributed by atoms with Gasteiger partial charge in [0.2, 0.25) is 0 Å². The molecule has 9 atom stereocenters. The molecule has 0 bridgehead atoms. The van der Waals surface area contributed by atoms with E-state index >= 15 is 0 Å². The zero-order valence-corrected chi connectivity index (χ0v) is 20.8. The van der Waals surface area contributed by atoms with Gasteiger partial charge in [-0.25, -0.2) is 0 Å². The second kappa shape index (κ2) is 7.46. The van der Waals surface area contributed by atoms with Gasteiger partial charge in [-0.05, 0) is 98.2 Å². The Labute approximate surface area is 192 Å². The summed E-state index contributed by atoms with van der Waals surface area (Å²) in [4.78, 5) is 13.1. The van der Waals surface area contributed by atoms with Crippen molar-refractivity contribution in [1.29, 1.82) is 0 Å². The van der Waals surface area contributed by atoms with Crippen LogP contribution >= 0.6 is 0 Å². The fraction of sp³-hybridized carbons (Fsp3) is 0.963. The van der Waals surface area contributed by atoms with Crippen LogP contribution in [0.3, 0.4) is 0 Å². The molecule has 4 saturated carbocycles. The first-order valence-electron chi connectivity index (χ1n) is 12.9. The summed E-state index contributed by atoms with van der Waals surface area (Å²) in [5.41, 5.74) is -2.78. The van der Waals surface area contributed by atoms with E-state index in [1.807, 2.05) is 20.8 Å². The highest BCUT2D eigenvalue weighted by Gasteiger charge is 2.65. The van der Waals surface area contributed by atoms with Crippen molar-refractivity contribution in [2.75, 3.05) is 0 Å². The molecule has 0 spiro atoms. The summed E-state index contributed by atoms with van der Waals surface area (Å²) in [6.07, 6.45) is 1.81. The van der Waals surface area contributed by atoms with Crippen LogP contribution in [0.2, 0.25) is 0 Å². The van der Waals surface area contributed by atoms with Crippen LogP contribution in [0.4, 0.5) is 13.2 Å². The number of ketones is 1. The Morgan fingerprint density at radius 3 is 2.12 bits per heavy atom. The Hall–Kier alpha value is -0.580. The second-order valence-corrected chi connectivity index (χ2v) is 13.5. The average Bonchev–Trinajstić information content (AvgIpc) is 3.03. The van der Waals surface area contributed by atoms with Crippen molar-refractivity contribution in [3.05, 3.63) is 0 Å². The van der Waals surface area contributed by atoms with Crippen LogP contribution in [0, 0.1) is 51.8 Å². The summed E-state index contributed by atoms with van der Waals surface area (Å²) < 4.78 is 40.7. The maximum atomic E-state index is 13.6. The lowest BCUT2D eigenvalue weighted by Crippen LogP contribution is -2.59. The molecule has 2 nitrogen and oxygen atoms in total. The number of carbonyl (C=O) groups excluding carboxylic acids is 1. The lowest BCUT2D eigenvalue weighted by atomic mass is 9.43. The van der Waals surface area contributed by atoms with Gasteiger partial charge in [-0.1, -0.05) is 41.5 Å². The van der Waals surface area contributed by atoms with Gasteiger partial charge < -0.3 is 5.11 Å². The zero-order chi connectivity index (χ0) is 23.9. The Balaban J connectivity index is 1.55. The molecule has 0 aromatic rings. The molecule has 0 aromatic carbocycles. The van der Waals surface area contributed by atoms with E-state index in [9.17, 15) is 23.1 Å². The summed E-state index contributed by atoms with van der Waals surface area (Å²) in [5.74, 6) is 2.35. The molecule has 0 saturated heterocycles. The highest BCUT2D eigenvalue weighted by atomic mass is 19.4. The number of hydrogen-bond donors (Lipinski definition) is 1. The summed E-state index contributed by atoms with van der Waals surface area (Å²) in [6.45, 7) is 12.8. The molecule has 4 aliphatic carbocycles. The summed E-state index contributed by atoms with van der Waals surface area (Å²) in [7, 11) is 0. The molecule has 184 valence electrons. The number of rotatable bonds is 2. The number of hydrogen-bond acceptors (Lipinski definition) is 2. The predicted octanol–water partition coefficient (Wildman–Crippen LogP) is 7.19. The smallest absolute Gasteiger partial charge is 0.380 e. The molecule has 0 aliphatic heterocycles. The Morgan fingerprint density at radius 1 is 0.906 bits per heavy atom. The molecule has 4 fully saturated rings. The molecule has 5 heteroatoms. The topological polar surface area (TPSA) is 37.3 Å². The standard InChI is InChI=1S/C27H43F3O2/c1-16(22(31)23(2,3)4)19-9-10-20-18-8-7-17-15-26(32,27(28,29)30)14-13-24(17,5)21(18)11-12-25(19,20)6/h16-21,32H,7-15H2,1-6H3/t16-,17+,18-,19+,20-,21-,24-,25+,26+/m0/s1. The van der Waals surface area contributed by atoms with E-state index in [1.54, 1.807) is 0 Å². The van der Waals surface area contributed by atoms with Gasteiger partial charge in [-0.2, -0.15) is 13.2 Å². The first-order valence-corrected chi connectivity index (χ1v) is 12.9. The molecule has 1 N–H and O–H groups in total. The quantitative estimate of drug-likeness (QED) is 0.477. The van der Waals surface area contributed by atoms with Crippen molar-refractivity contribution in [2.45, 2.75) is 111 Å². The first-order chi connectivity index (χ1) is 14.5. The SMILES string of the molecule is C[C@H](C(=O)C(C)(C)C)[C@H]1CC[C@H]2[C@@H]3CC[C@@H]4C[C@@](O)(C(F)(F)F)CC[C@]4(C)[C@H]3CC[C@]12C. The maximum absolute atomic E-state index is 13.6. The third-order valence-corrected chi connectivity index (χ3v) is 11.1. The van der Waals surface area contributed by atoms with Crippen LogP contribution in [-0.4, -0.2) is 22.7 Å². The van der Waals surface area contributed by atoms with Gasteiger partial charge in [0.05, 0.1) is 0 Å². The molecule has 32 heavy (non-hydrogen) atoms. The molecular weight excluding hydrogens is 413 g/mol. The van der Waals surface area contributed by atoms with Crippen LogP contribution in [0.25, 0.3) is 0 Å². The minimum atomic E-state index is -4.54. The van der Waals surface area contributed by atoms with Gasteiger partial charge in [0.1, 0.15) is 5.78 Å². The number of Topliss-reactive ketones (excluding diaryl/α,β-unsaturated/α-hetero) is 1. The third kappa shape index (κ3) is 3.50. The Bertz CT molecular complexity index is 755. The van der Waals surface area contributed by atoms with Crippen molar-refractivity contribution in [3.8, 4) is 0 Å². The second-order valence-electron chi connectivity index (χ2n) is 13.5. The van der Waals surface area contributed by atoms with Crippen LogP contribution in [0.1, 0.15) is 99.3 Å². The molecule has 4 aliphatic rings. The van der Waals surface area contributed by atoms with E-state index in [1.165, 1.54) is 0 Å². The molecule has 0 aromatic heterocycles. The summed E-state index contributed by atoms with van der Waals surface area (Å²) >= 11 is 0. The highest BCUT2D eigenvalue weighted by molar-refractivity contribution is 5.86. The van der Waals surface area contributed by atoms with E-state index in [0.717, 1.165) is 38.5 Å². The third-order valence-electron chi connectivity index (χ3n) is 11.1. The molecule has 4 rings (SSSR count). The largest absolute Gasteiger partial charge is 0.417 e. The molecule has 0 unspecified atom stereocenters. The molecular formula is C27H43F3O2. The minimum Gasteiger partial charge on any atom is -0.380 e. The average molecular weight is 457 g/mol. The Morgan fingerprint density at radius 2 is 1.53 bits per heavy atom. The maximum Gasteiger partial charge on any atom is 0.417 e. The normalized spacial score (nSPS) is 47.9. The van der Waals surface area contributed by atoms with Gasteiger partial charge in [0.15, 0.2) is 5.60 Å². The van der Waals surface area contributed by atoms with Crippen molar-refractivity contribution < 1.29 is 23.1 Å². The van der Waals surface area contributed by atoms with Gasteiger partial charge in [0, 0.05) is 11.3 Å². The Kier molecular flexibility index (Phi) is 5.72. The predicted molar refractivity (Wildman–Crippen MR) is 120 cm³/mol. The van der Waals surface area contributed by atoms with E-state index in [4.69, 9.17) is 0 Å². The van der Waals surface area contributed by atoms with Crippen LogP contribution in [-0.2, 0) is 4.79 Å². The minimum absolute atomic E-state index is 0.0490. The lowest BCUT2D eigenvalue weighted by Gasteiger charge is -2.62. The van der Waals surface area contributed by atoms with Gasteiger partial charge >= 0.3 is 6.18 Å². The van der Waals surface area contributed by atoms with Crippen LogP contribution in [0.15, 0.2) is 0 Å². The van der Waals surface area contributed by atoms with Gasteiger partial charge in [-0.15, -0.1) is 0 Å². The van der Waals surface area contributed by atoms with E-state index in [2.05, 4.69) is 20.8 Å². The lowest BCUT2D eigenvalue weighted by molar-refractivity contribution is -0.290. The molecule has 0 heterocycles. The number of aliphatic hydroxyl groups is 1. The first kappa shape index (κ1) is 24.5. The fourth-order valence-electron chi connectivity index (χ4n) is 9.23. The van der Waals surface area contributed by atoms with Crippen molar-refractivity contribution in [2.24, 2.45) is 51.8 Å². The monoisotopic (exact) mass is 456 g/mol. The van der Waals surface area contributed by atoms with E-state index < -0.39 is 11.8 Å². The molecule has 0 amide bonds. The number of fused-ring (bicyclic) bond motifs is 5. The van der Waals surface area contributed by atoms with Crippen molar-refractivity contribution >= 4 is 5.78 Å². The van der Waals surface area contributed by atoms with E-state index in [0.29, 0.717) is 35.9 Å². The summed E-state index contributed by atoms with van der Waals surface area (Å²) in [5, 5.41) is 10.4. The van der Waals surface area contributed by atoms with Crippen LogP contribution in [0.5, 0.6) is 0 Å². The van der Waals surface area contributed by atoms with Gasteiger partial charge in [-0.3, -0.25) is 4.79 Å². The number of carbonyl (C=O) groups is 1. The van der Waals surface area contributed by atoms with Crippen LogP contribution < -0.4 is 0 Å². The van der Waals surface area contributed by atoms with Crippen molar-refractivity contribution in [3.63, 3.8) is 0 Å². The number of halogens is 3. The fourth-order valence-corrected chi connectivity index (χ4v) is 9.23. The zero-order valence-electron chi connectivity index (χ0n) is 20.8. The highest BCUT2D eigenvalue weighted by Crippen LogP contribution is 2.69. The molecule has 0 radical (unpaired) electrons. The van der Waals surface area contributed by atoms with E-state index in [-0.39, 0.29) is 40.9 Å². The van der Waals surface area contributed by atoms with Gasteiger partial charge in [0.25, 0.3) is 0 Å². The summed E-state index contributed by atoms with van der Waals surface area (Å²) in [6, 6.07) is 0. The van der Waals surface area contributed by atoms with Crippen molar-refractivity contribution in [1.82, 2.24) is 0 Å². The number of alkyl halides is 3.